The summed E-state index contributed by atoms with van der Waals surface area (Å²) >= 11 is 1.18. The summed E-state index contributed by atoms with van der Waals surface area (Å²) < 4.78 is 75.0. The number of amides is 1. The van der Waals surface area contributed by atoms with Crippen molar-refractivity contribution >= 4 is 28.6 Å². The number of hydrogen-bond donors (Lipinski definition) is 2. The van der Waals surface area contributed by atoms with Gasteiger partial charge in [0.2, 0.25) is 5.91 Å². The van der Waals surface area contributed by atoms with Crippen LogP contribution in [0.5, 0.6) is 5.75 Å². The Morgan fingerprint density at radius 3 is 2.52 bits per heavy atom. The number of alkyl halides is 2. The number of aromatic nitrogens is 1. The third-order valence-corrected chi connectivity index (χ3v) is 8.52. The SMILES string of the molecule is COc1ccc2ncc(CF)c([C@H](F)CCC3(C(=O)NO)CCN(CCSc4cc(F)c(F)c(F)c4)CC3)c2c1. The van der Waals surface area contributed by atoms with Gasteiger partial charge >= 0.3 is 0 Å². The third-order valence-electron chi connectivity index (χ3n) is 7.56. The second-order valence-corrected chi connectivity index (χ2v) is 11.0. The minimum Gasteiger partial charge on any atom is -0.497 e. The van der Waals surface area contributed by atoms with Gasteiger partial charge in [-0.1, -0.05) is 0 Å². The largest absolute Gasteiger partial charge is 0.497 e. The fraction of sp³-hybridized carbons (Fsp3) is 0.429. The summed E-state index contributed by atoms with van der Waals surface area (Å²) in [7, 11) is 1.48. The highest BCUT2D eigenvalue weighted by Crippen LogP contribution is 2.41. The summed E-state index contributed by atoms with van der Waals surface area (Å²) in [5.41, 5.74) is 1.50. The Balaban J connectivity index is 1.41. The van der Waals surface area contributed by atoms with E-state index in [4.69, 9.17) is 4.74 Å². The molecule has 1 aromatic heterocycles. The van der Waals surface area contributed by atoms with Crippen LogP contribution >= 0.6 is 11.8 Å². The summed E-state index contributed by atoms with van der Waals surface area (Å²) in [6.07, 6.45) is 0.468. The van der Waals surface area contributed by atoms with Crippen LogP contribution in [-0.4, -0.2) is 53.5 Å². The van der Waals surface area contributed by atoms with Gasteiger partial charge in [0, 0.05) is 39.9 Å². The first-order chi connectivity index (χ1) is 19.2. The first-order valence-corrected chi connectivity index (χ1v) is 13.8. The zero-order valence-electron chi connectivity index (χ0n) is 21.9. The summed E-state index contributed by atoms with van der Waals surface area (Å²) in [4.78, 5) is 19.3. The van der Waals surface area contributed by atoms with Crippen molar-refractivity contribution < 1.29 is 36.7 Å². The van der Waals surface area contributed by atoms with Gasteiger partial charge in [-0.25, -0.2) is 27.4 Å². The summed E-state index contributed by atoms with van der Waals surface area (Å²) in [5.74, 6) is -3.64. The molecule has 6 nitrogen and oxygen atoms in total. The molecule has 0 spiro atoms. The van der Waals surface area contributed by atoms with Crippen molar-refractivity contribution in [2.45, 2.75) is 43.4 Å². The van der Waals surface area contributed by atoms with Gasteiger partial charge in [-0.2, -0.15) is 0 Å². The number of nitrogens with one attached hydrogen (secondary N) is 1. The minimum atomic E-state index is -1.59. The Labute approximate surface area is 232 Å². The molecular formula is C28H30F5N3O3S. The number of likely N-dealkylation sites (tertiary alicyclic amines) is 1. The van der Waals surface area contributed by atoms with Crippen LogP contribution in [0.2, 0.25) is 0 Å². The number of rotatable bonds is 11. The van der Waals surface area contributed by atoms with Crippen molar-refractivity contribution in [3.63, 3.8) is 0 Å². The maximum Gasteiger partial charge on any atom is 0.249 e. The molecule has 0 saturated carbocycles. The average Bonchev–Trinajstić information content (AvgIpc) is 2.97. The second-order valence-electron chi connectivity index (χ2n) is 9.83. The molecule has 2 heterocycles. The molecule has 216 valence electrons. The molecule has 0 bridgehead atoms. The van der Waals surface area contributed by atoms with E-state index in [0.29, 0.717) is 54.9 Å². The van der Waals surface area contributed by atoms with E-state index >= 15 is 4.39 Å². The number of pyridine rings is 1. The summed E-state index contributed by atoms with van der Waals surface area (Å²) in [5, 5.41) is 9.88. The Bertz CT molecular complexity index is 1330. The van der Waals surface area contributed by atoms with Crippen LogP contribution in [-0.2, 0) is 11.5 Å². The van der Waals surface area contributed by atoms with Crippen LogP contribution in [0.4, 0.5) is 22.0 Å². The molecule has 1 atom stereocenters. The predicted molar refractivity (Wildman–Crippen MR) is 141 cm³/mol. The number of methoxy groups -OCH3 is 1. The molecular weight excluding hydrogens is 553 g/mol. The van der Waals surface area contributed by atoms with Crippen molar-refractivity contribution in [3.05, 3.63) is 65.1 Å². The molecule has 1 saturated heterocycles. The smallest absolute Gasteiger partial charge is 0.249 e. The molecule has 12 heteroatoms. The van der Waals surface area contributed by atoms with E-state index in [1.165, 1.54) is 25.1 Å². The lowest BCUT2D eigenvalue weighted by molar-refractivity contribution is -0.143. The Morgan fingerprint density at radius 2 is 1.90 bits per heavy atom. The van der Waals surface area contributed by atoms with Gasteiger partial charge in [-0.15, -0.1) is 11.8 Å². The second kappa shape index (κ2) is 13.1. The first-order valence-electron chi connectivity index (χ1n) is 12.8. The molecule has 1 fully saturated rings. The molecule has 1 aliphatic rings. The van der Waals surface area contributed by atoms with Gasteiger partial charge in [0.1, 0.15) is 18.6 Å². The lowest BCUT2D eigenvalue weighted by Gasteiger charge is -2.40. The van der Waals surface area contributed by atoms with Crippen molar-refractivity contribution in [1.29, 1.82) is 0 Å². The van der Waals surface area contributed by atoms with Crippen molar-refractivity contribution in [3.8, 4) is 5.75 Å². The number of ether oxygens (including phenoxy) is 1. The Morgan fingerprint density at radius 1 is 1.20 bits per heavy atom. The highest BCUT2D eigenvalue weighted by molar-refractivity contribution is 7.99. The molecule has 40 heavy (non-hydrogen) atoms. The highest BCUT2D eigenvalue weighted by atomic mass is 32.2. The standard InChI is InChI=1S/C28H30F5N3O3S/c1-39-18-2-3-24-20(12-18)25(17(15-29)16-34-24)21(30)4-5-28(27(37)35-38)6-8-36(9-7-28)10-11-40-19-13-22(31)26(33)23(32)14-19/h2-3,12-14,16,21,38H,4-11,15H2,1H3,(H,35,37)/t21-/m1/s1. The van der Waals surface area contributed by atoms with Crippen LogP contribution in [0.3, 0.4) is 0 Å². The van der Waals surface area contributed by atoms with Gasteiger partial charge in [-0.05, 0) is 69.1 Å². The van der Waals surface area contributed by atoms with Crippen molar-refractivity contribution in [1.82, 2.24) is 15.4 Å². The van der Waals surface area contributed by atoms with Gasteiger partial charge < -0.3 is 9.64 Å². The fourth-order valence-corrected chi connectivity index (χ4v) is 6.16. The number of hydroxylamine groups is 1. The van der Waals surface area contributed by atoms with Crippen LogP contribution in [0.15, 0.2) is 41.4 Å². The van der Waals surface area contributed by atoms with E-state index in [-0.39, 0.29) is 28.9 Å². The number of benzene rings is 2. The lowest BCUT2D eigenvalue weighted by atomic mass is 9.73. The molecule has 4 rings (SSSR count). The monoisotopic (exact) mass is 583 g/mol. The van der Waals surface area contributed by atoms with E-state index in [1.807, 2.05) is 0 Å². The summed E-state index contributed by atoms with van der Waals surface area (Å²) in [6, 6.07) is 6.86. The van der Waals surface area contributed by atoms with E-state index in [0.717, 1.165) is 12.1 Å². The molecule has 0 aliphatic carbocycles. The number of fused-ring (bicyclic) bond motifs is 1. The Hall–Kier alpha value is -2.96. The zero-order valence-corrected chi connectivity index (χ0v) is 22.7. The number of nitrogens with zero attached hydrogens (tertiary/aromatic N) is 2. The van der Waals surface area contributed by atoms with E-state index < -0.39 is 41.6 Å². The third kappa shape index (κ3) is 6.50. The van der Waals surface area contributed by atoms with Gasteiger partial charge in [0.25, 0.3) is 0 Å². The van der Waals surface area contributed by atoms with Crippen molar-refractivity contribution in [2.24, 2.45) is 5.41 Å². The van der Waals surface area contributed by atoms with E-state index in [2.05, 4.69) is 9.88 Å². The average molecular weight is 584 g/mol. The number of carbonyl (C=O) groups is 1. The maximum absolute atomic E-state index is 15.8. The Kier molecular flexibility index (Phi) is 9.85. The first kappa shape index (κ1) is 30.0. The number of hydrogen-bond acceptors (Lipinski definition) is 6. The number of piperidine rings is 1. The molecule has 1 amide bonds. The fourth-order valence-electron chi connectivity index (χ4n) is 5.21. The number of thioether (sulfide) groups is 1. The molecule has 3 aromatic rings. The van der Waals surface area contributed by atoms with Crippen LogP contribution in [0.25, 0.3) is 10.9 Å². The van der Waals surface area contributed by atoms with Crippen molar-refractivity contribution in [2.75, 3.05) is 32.5 Å². The molecule has 2 N–H and O–H groups in total. The normalized spacial score (nSPS) is 16.2. The van der Waals surface area contributed by atoms with Gasteiger partial charge in [0.05, 0.1) is 18.0 Å². The summed E-state index contributed by atoms with van der Waals surface area (Å²) in [6.45, 7) is 0.589. The molecule has 2 aromatic carbocycles. The molecule has 1 aliphatic heterocycles. The topological polar surface area (TPSA) is 74.7 Å². The number of carbonyl (C=O) groups excluding carboxylic acids is 1. The van der Waals surface area contributed by atoms with E-state index in [1.54, 1.807) is 23.7 Å². The van der Waals surface area contributed by atoms with Crippen LogP contribution in [0.1, 0.15) is 43.0 Å². The van der Waals surface area contributed by atoms with Crippen LogP contribution in [0, 0.1) is 22.9 Å². The number of halogens is 5. The van der Waals surface area contributed by atoms with Crippen LogP contribution < -0.4 is 10.2 Å². The molecule has 0 radical (unpaired) electrons. The molecule has 0 unspecified atom stereocenters. The maximum atomic E-state index is 15.8. The zero-order chi connectivity index (χ0) is 28.9. The van der Waals surface area contributed by atoms with Gasteiger partial charge in [0.15, 0.2) is 17.5 Å². The minimum absolute atomic E-state index is 0.0751. The lowest BCUT2D eigenvalue weighted by Crippen LogP contribution is -2.48. The predicted octanol–water partition coefficient (Wildman–Crippen LogP) is 6.30. The quantitative estimate of drug-likeness (QED) is 0.0908. The highest BCUT2D eigenvalue weighted by Gasteiger charge is 2.41. The van der Waals surface area contributed by atoms with E-state index in [9.17, 15) is 27.6 Å². The van der Waals surface area contributed by atoms with Gasteiger partial charge in [-0.3, -0.25) is 15.0 Å².